The minimum absolute atomic E-state index is 0.267. The fraction of sp³-hybridized carbons (Fsp3) is 0.545. The molecule has 0 atom stereocenters. The van der Waals surface area contributed by atoms with Crippen molar-refractivity contribution in [2.24, 2.45) is 0 Å². The third-order valence-corrected chi connectivity index (χ3v) is 2.36. The molecule has 18 heavy (non-hydrogen) atoms. The van der Waals surface area contributed by atoms with Gasteiger partial charge in [0.1, 0.15) is 10.7 Å². The number of furan rings is 1. The van der Waals surface area contributed by atoms with E-state index in [0.717, 1.165) is 0 Å². The SMILES string of the molecule is COCCN(CCC#N)Cc1ccc([N+](=O)[O-])o1. The third-order valence-electron chi connectivity index (χ3n) is 2.36. The number of hydrogen-bond donors (Lipinski definition) is 0. The topological polar surface area (TPSA) is 92.5 Å². The van der Waals surface area contributed by atoms with Crippen LogP contribution in [-0.4, -0.2) is 36.6 Å². The van der Waals surface area contributed by atoms with E-state index in [9.17, 15) is 10.1 Å². The van der Waals surface area contributed by atoms with Gasteiger partial charge in [0.25, 0.3) is 0 Å². The molecule has 0 aliphatic carbocycles. The van der Waals surface area contributed by atoms with Gasteiger partial charge in [0.05, 0.1) is 25.3 Å². The molecule has 0 spiro atoms. The first-order chi connectivity index (χ1) is 8.67. The molecule has 0 amide bonds. The van der Waals surface area contributed by atoms with E-state index >= 15 is 0 Å². The molecule has 7 nitrogen and oxygen atoms in total. The van der Waals surface area contributed by atoms with Crippen molar-refractivity contribution in [3.05, 3.63) is 28.0 Å². The summed E-state index contributed by atoms with van der Waals surface area (Å²) in [6, 6.07) is 4.96. The molecular weight excluding hydrogens is 238 g/mol. The van der Waals surface area contributed by atoms with Crippen LogP contribution in [0.1, 0.15) is 12.2 Å². The minimum Gasteiger partial charge on any atom is -0.404 e. The molecule has 7 heteroatoms. The molecule has 0 saturated heterocycles. The Bertz CT molecular complexity index is 424. The van der Waals surface area contributed by atoms with Gasteiger partial charge in [0.2, 0.25) is 0 Å². The van der Waals surface area contributed by atoms with Crippen LogP contribution in [0.15, 0.2) is 16.5 Å². The maximum atomic E-state index is 10.5. The van der Waals surface area contributed by atoms with Gasteiger partial charge in [-0.15, -0.1) is 0 Å². The highest BCUT2D eigenvalue weighted by Gasteiger charge is 2.14. The number of nitriles is 1. The van der Waals surface area contributed by atoms with Gasteiger partial charge in [-0.25, -0.2) is 0 Å². The lowest BCUT2D eigenvalue weighted by Gasteiger charge is -2.18. The summed E-state index contributed by atoms with van der Waals surface area (Å²) in [5.41, 5.74) is 0. The predicted molar refractivity (Wildman–Crippen MR) is 62.7 cm³/mol. The summed E-state index contributed by atoms with van der Waals surface area (Å²) >= 11 is 0. The molecule has 1 heterocycles. The maximum absolute atomic E-state index is 10.5. The quantitative estimate of drug-likeness (QED) is 0.515. The van der Waals surface area contributed by atoms with Gasteiger partial charge in [0.15, 0.2) is 0 Å². The zero-order valence-corrected chi connectivity index (χ0v) is 10.2. The van der Waals surface area contributed by atoms with Crippen LogP contribution < -0.4 is 0 Å². The summed E-state index contributed by atoms with van der Waals surface area (Å²) in [4.78, 5) is 11.9. The highest BCUT2D eigenvalue weighted by atomic mass is 16.6. The number of methoxy groups -OCH3 is 1. The van der Waals surface area contributed by atoms with Crippen LogP contribution in [0.3, 0.4) is 0 Å². The first kappa shape index (κ1) is 14.2. The molecule has 0 aromatic carbocycles. The van der Waals surface area contributed by atoms with Gasteiger partial charge in [-0.05, 0) is 6.07 Å². The number of rotatable bonds is 8. The first-order valence-electron chi connectivity index (χ1n) is 5.48. The van der Waals surface area contributed by atoms with Crippen LogP contribution in [-0.2, 0) is 11.3 Å². The highest BCUT2D eigenvalue weighted by molar-refractivity contribution is 5.17. The average molecular weight is 253 g/mol. The van der Waals surface area contributed by atoms with E-state index in [0.29, 0.717) is 38.4 Å². The Morgan fingerprint density at radius 2 is 2.33 bits per heavy atom. The average Bonchev–Trinajstić information content (AvgIpc) is 2.81. The van der Waals surface area contributed by atoms with Gasteiger partial charge in [-0.1, -0.05) is 0 Å². The third kappa shape index (κ3) is 4.53. The van der Waals surface area contributed by atoms with Crippen LogP contribution in [0.5, 0.6) is 0 Å². The smallest absolute Gasteiger partial charge is 0.404 e. The van der Waals surface area contributed by atoms with E-state index in [2.05, 4.69) is 6.07 Å². The second-order valence-corrected chi connectivity index (χ2v) is 3.67. The van der Waals surface area contributed by atoms with E-state index < -0.39 is 4.92 Å². The summed E-state index contributed by atoms with van der Waals surface area (Å²) in [7, 11) is 1.60. The van der Waals surface area contributed by atoms with Gasteiger partial charge in [0, 0.05) is 26.6 Å². The van der Waals surface area contributed by atoms with Crippen molar-refractivity contribution >= 4 is 5.88 Å². The largest absolute Gasteiger partial charge is 0.433 e. The van der Waals surface area contributed by atoms with E-state index in [-0.39, 0.29) is 5.88 Å². The number of ether oxygens (including phenoxy) is 1. The van der Waals surface area contributed by atoms with E-state index in [1.54, 1.807) is 13.2 Å². The lowest BCUT2D eigenvalue weighted by atomic mass is 10.3. The molecule has 0 N–H and O–H groups in total. The molecule has 1 aromatic heterocycles. The van der Waals surface area contributed by atoms with Crippen LogP contribution in [0.2, 0.25) is 0 Å². The fourth-order valence-corrected chi connectivity index (χ4v) is 1.47. The number of nitro groups is 1. The van der Waals surface area contributed by atoms with Crippen molar-refractivity contribution in [2.45, 2.75) is 13.0 Å². The monoisotopic (exact) mass is 253 g/mol. The Hall–Kier alpha value is -1.91. The summed E-state index contributed by atoms with van der Waals surface area (Å²) in [5, 5.41) is 19.0. The molecule has 0 bridgehead atoms. The molecule has 1 rings (SSSR count). The predicted octanol–water partition coefficient (Wildman–Crippen LogP) is 1.55. The molecule has 0 aliphatic heterocycles. The Morgan fingerprint density at radius 3 is 2.89 bits per heavy atom. The van der Waals surface area contributed by atoms with Crippen molar-refractivity contribution < 1.29 is 14.1 Å². The van der Waals surface area contributed by atoms with Gasteiger partial charge in [-0.2, -0.15) is 5.26 Å². The van der Waals surface area contributed by atoms with Crippen molar-refractivity contribution in [1.29, 1.82) is 5.26 Å². The Labute approximate surface area is 105 Å². The Morgan fingerprint density at radius 1 is 1.56 bits per heavy atom. The van der Waals surface area contributed by atoms with Gasteiger partial charge in [-0.3, -0.25) is 15.0 Å². The van der Waals surface area contributed by atoms with E-state index in [4.69, 9.17) is 14.4 Å². The number of hydrogen-bond acceptors (Lipinski definition) is 6. The van der Waals surface area contributed by atoms with Gasteiger partial charge >= 0.3 is 5.88 Å². The van der Waals surface area contributed by atoms with Crippen molar-refractivity contribution in [3.63, 3.8) is 0 Å². The van der Waals surface area contributed by atoms with Crippen LogP contribution in [0.4, 0.5) is 5.88 Å². The molecule has 0 radical (unpaired) electrons. The number of nitrogens with zero attached hydrogens (tertiary/aromatic N) is 3. The molecule has 0 saturated carbocycles. The summed E-state index contributed by atoms with van der Waals surface area (Å²) in [6.45, 7) is 2.19. The molecule has 0 fully saturated rings. The summed E-state index contributed by atoms with van der Waals surface area (Å²) in [6.07, 6.45) is 0.395. The lowest BCUT2D eigenvalue weighted by molar-refractivity contribution is -0.402. The van der Waals surface area contributed by atoms with E-state index in [1.807, 2.05) is 4.90 Å². The van der Waals surface area contributed by atoms with Crippen molar-refractivity contribution in [3.8, 4) is 6.07 Å². The Balaban J connectivity index is 2.57. The minimum atomic E-state index is -0.571. The lowest BCUT2D eigenvalue weighted by Crippen LogP contribution is -2.27. The summed E-state index contributed by atoms with van der Waals surface area (Å²) in [5.74, 6) is 0.243. The van der Waals surface area contributed by atoms with Gasteiger partial charge < -0.3 is 9.15 Å². The molecule has 0 aliphatic rings. The molecule has 1 aromatic rings. The standard InChI is InChI=1S/C11H15N3O4/c1-17-8-7-13(6-2-5-12)9-10-3-4-11(18-10)14(15)16/h3-4H,2,6-9H2,1H3. The second kappa shape index (κ2) is 7.42. The van der Waals surface area contributed by atoms with Crippen LogP contribution >= 0.6 is 0 Å². The molecule has 0 unspecified atom stereocenters. The molecule has 98 valence electrons. The highest BCUT2D eigenvalue weighted by Crippen LogP contribution is 2.17. The molecular formula is C11H15N3O4. The normalized spacial score (nSPS) is 10.5. The second-order valence-electron chi connectivity index (χ2n) is 3.67. The zero-order valence-electron chi connectivity index (χ0n) is 10.2. The fourth-order valence-electron chi connectivity index (χ4n) is 1.47. The summed E-state index contributed by atoms with van der Waals surface area (Å²) < 4.78 is 10.0. The van der Waals surface area contributed by atoms with Crippen LogP contribution in [0.25, 0.3) is 0 Å². The van der Waals surface area contributed by atoms with Crippen molar-refractivity contribution in [2.75, 3.05) is 26.8 Å². The van der Waals surface area contributed by atoms with E-state index in [1.165, 1.54) is 6.07 Å². The van der Waals surface area contributed by atoms with Crippen LogP contribution in [0, 0.1) is 21.4 Å². The Kier molecular flexibility index (Phi) is 5.84. The zero-order chi connectivity index (χ0) is 13.4. The first-order valence-corrected chi connectivity index (χ1v) is 5.48. The van der Waals surface area contributed by atoms with Crippen molar-refractivity contribution in [1.82, 2.24) is 4.90 Å². The maximum Gasteiger partial charge on any atom is 0.433 e.